The van der Waals surface area contributed by atoms with E-state index < -0.39 is 5.63 Å². The van der Waals surface area contributed by atoms with Crippen molar-refractivity contribution in [1.29, 1.82) is 0 Å². The highest BCUT2D eigenvalue weighted by atomic mass is 16.5. The van der Waals surface area contributed by atoms with Gasteiger partial charge in [-0.15, -0.1) is 0 Å². The first-order valence-electron chi connectivity index (χ1n) is 5.67. The van der Waals surface area contributed by atoms with Gasteiger partial charge in [0, 0.05) is 7.05 Å². The topological polar surface area (TPSA) is 70.2 Å². The number of ether oxygens (including phenoxy) is 1. The third-order valence-electron chi connectivity index (χ3n) is 2.86. The van der Waals surface area contributed by atoms with Crippen LogP contribution in [0.15, 0.2) is 39.7 Å². The van der Waals surface area contributed by atoms with E-state index in [0.29, 0.717) is 22.3 Å². The summed E-state index contributed by atoms with van der Waals surface area (Å²) in [6.45, 7) is 0. The van der Waals surface area contributed by atoms with Crippen LogP contribution in [0.2, 0.25) is 0 Å². The van der Waals surface area contributed by atoms with Crippen molar-refractivity contribution in [3.63, 3.8) is 0 Å². The molecule has 3 rings (SSSR count). The molecular weight excluding hydrogens is 246 g/mol. The number of para-hydroxylation sites is 1. The normalized spacial score (nSPS) is 10.8. The molecule has 1 aromatic carbocycles. The summed E-state index contributed by atoms with van der Waals surface area (Å²) in [5.74, 6) is 0.818. The second-order valence-electron chi connectivity index (χ2n) is 4.01. The Balaban J connectivity index is 2.31. The van der Waals surface area contributed by atoms with Crippen molar-refractivity contribution in [3.05, 3.63) is 40.9 Å². The van der Waals surface area contributed by atoms with Gasteiger partial charge in [-0.1, -0.05) is 12.1 Å². The van der Waals surface area contributed by atoms with E-state index in [1.54, 1.807) is 26.3 Å². The van der Waals surface area contributed by atoms with Crippen LogP contribution in [-0.4, -0.2) is 21.9 Å². The largest absolute Gasteiger partial charge is 0.496 e. The summed E-state index contributed by atoms with van der Waals surface area (Å²) in [7, 11) is 3.28. The Labute approximate surface area is 108 Å². The van der Waals surface area contributed by atoms with Gasteiger partial charge in [-0.05, 0) is 12.1 Å². The molecule has 0 aliphatic heterocycles. The lowest BCUT2D eigenvalue weighted by Gasteiger charge is -2.06. The second-order valence-corrected chi connectivity index (χ2v) is 4.01. The summed E-state index contributed by atoms with van der Waals surface area (Å²) in [4.78, 5) is 16.2. The molecule has 3 aromatic rings. The van der Waals surface area contributed by atoms with E-state index in [0.717, 1.165) is 0 Å². The summed E-state index contributed by atoms with van der Waals surface area (Å²) in [5.41, 5.74) is 0.654. The zero-order valence-electron chi connectivity index (χ0n) is 10.5. The van der Waals surface area contributed by atoms with E-state index in [-0.39, 0.29) is 5.89 Å². The van der Waals surface area contributed by atoms with Gasteiger partial charge in [-0.25, -0.2) is 4.79 Å². The summed E-state index contributed by atoms with van der Waals surface area (Å²) in [5, 5.41) is 4.36. The van der Waals surface area contributed by atoms with Crippen LogP contribution >= 0.6 is 0 Å². The van der Waals surface area contributed by atoms with Crippen LogP contribution in [0, 0.1) is 0 Å². The molecular formula is C13H11N3O3. The maximum absolute atomic E-state index is 11.9. The minimum absolute atomic E-state index is 0.221. The summed E-state index contributed by atoms with van der Waals surface area (Å²) in [6, 6.07) is 7.23. The lowest BCUT2D eigenvalue weighted by molar-refractivity contribution is 0.413. The molecule has 0 radical (unpaired) electrons. The maximum atomic E-state index is 11.9. The Morgan fingerprint density at radius 3 is 2.89 bits per heavy atom. The minimum atomic E-state index is -0.459. The van der Waals surface area contributed by atoms with Gasteiger partial charge in [0.2, 0.25) is 5.89 Å². The Kier molecular flexibility index (Phi) is 2.56. The molecule has 2 heterocycles. The summed E-state index contributed by atoms with van der Waals surface area (Å²) >= 11 is 0. The molecule has 0 N–H and O–H groups in total. The van der Waals surface area contributed by atoms with E-state index >= 15 is 0 Å². The molecule has 0 fully saturated rings. The molecule has 0 bridgehead atoms. The number of nitrogens with zero attached hydrogens (tertiary/aromatic N) is 3. The van der Waals surface area contributed by atoms with Crippen LogP contribution in [0.3, 0.4) is 0 Å². The zero-order valence-corrected chi connectivity index (χ0v) is 10.5. The summed E-state index contributed by atoms with van der Waals surface area (Å²) in [6.07, 6.45) is 1.44. The van der Waals surface area contributed by atoms with Gasteiger partial charge in [0.1, 0.15) is 11.1 Å². The number of hydrogen-bond acceptors (Lipinski definition) is 5. The van der Waals surface area contributed by atoms with Crippen LogP contribution in [0.4, 0.5) is 0 Å². The molecule has 0 spiro atoms. The van der Waals surface area contributed by atoms with Crippen molar-refractivity contribution in [2.24, 2.45) is 7.05 Å². The van der Waals surface area contributed by atoms with Crippen molar-refractivity contribution in [2.45, 2.75) is 0 Å². The van der Waals surface area contributed by atoms with Gasteiger partial charge in [0.15, 0.2) is 5.65 Å². The Hall–Kier alpha value is -2.63. The highest BCUT2D eigenvalue weighted by Crippen LogP contribution is 2.27. The number of methoxy groups -OCH3 is 1. The van der Waals surface area contributed by atoms with Gasteiger partial charge in [0.25, 0.3) is 0 Å². The molecule has 0 aliphatic carbocycles. The molecule has 0 saturated heterocycles. The fourth-order valence-electron chi connectivity index (χ4n) is 1.91. The summed E-state index contributed by atoms with van der Waals surface area (Å²) < 4.78 is 12.0. The number of benzene rings is 1. The van der Waals surface area contributed by atoms with E-state index in [9.17, 15) is 4.79 Å². The molecule has 96 valence electrons. The van der Waals surface area contributed by atoms with E-state index in [1.807, 2.05) is 12.1 Å². The fourth-order valence-corrected chi connectivity index (χ4v) is 1.91. The quantitative estimate of drug-likeness (QED) is 0.697. The standard InChI is InChI=1S/C13H11N3O3/c1-16-11-9(7-14-16)13(17)19-12(15-11)8-5-3-4-6-10(8)18-2/h3-7H,1-2H3. The second kappa shape index (κ2) is 4.24. The van der Waals surface area contributed by atoms with Crippen LogP contribution in [-0.2, 0) is 7.05 Å². The van der Waals surface area contributed by atoms with Crippen molar-refractivity contribution >= 4 is 11.0 Å². The molecule has 0 saturated carbocycles. The van der Waals surface area contributed by atoms with Gasteiger partial charge >= 0.3 is 5.63 Å². The average molecular weight is 257 g/mol. The van der Waals surface area contributed by atoms with Crippen LogP contribution in [0.25, 0.3) is 22.5 Å². The monoisotopic (exact) mass is 257 g/mol. The number of aryl methyl sites for hydroxylation is 1. The predicted octanol–water partition coefficient (Wildman–Crippen LogP) is 1.60. The van der Waals surface area contributed by atoms with Crippen LogP contribution in [0.5, 0.6) is 5.75 Å². The van der Waals surface area contributed by atoms with Crippen molar-refractivity contribution in [1.82, 2.24) is 14.8 Å². The molecule has 0 unspecified atom stereocenters. The highest BCUT2D eigenvalue weighted by Gasteiger charge is 2.14. The van der Waals surface area contributed by atoms with Crippen LogP contribution < -0.4 is 10.4 Å². The molecule has 0 amide bonds. The molecule has 19 heavy (non-hydrogen) atoms. The molecule has 0 aliphatic rings. The average Bonchev–Trinajstić information content (AvgIpc) is 2.81. The minimum Gasteiger partial charge on any atom is -0.496 e. The number of rotatable bonds is 2. The Morgan fingerprint density at radius 1 is 1.32 bits per heavy atom. The third-order valence-corrected chi connectivity index (χ3v) is 2.86. The third kappa shape index (κ3) is 1.77. The van der Waals surface area contributed by atoms with Gasteiger partial charge in [-0.2, -0.15) is 10.1 Å². The Morgan fingerprint density at radius 2 is 2.11 bits per heavy atom. The number of fused-ring (bicyclic) bond motifs is 1. The Bertz CT molecular complexity index is 804. The molecule has 0 atom stereocenters. The zero-order chi connectivity index (χ0) is 13.4. The number of hydrogen-bond donors (Lipinski definition) is 0. The van der Waals surface area contributed by atoms with E-state index in [2.05, 4.69) is 10.1 Å². The van der Waals surface area contributed by atoms with Crippen molar-refractivity contribution in [3.8, 4) is 17.2 Å². The fraction of sp³-hybridized carbons (Fsp3) is 0.154. The smallest absolute Gasteiger partial charge is 0.350 e. The first-order valence-corrected chi connectivity index (χ1v) is 5.67. The van der Waals surface area contributed by atoms with Gasteiger partial charge in [-0.3, -0.25) is 4.68 Å². The van der Waals surface area contributed by atoms with E-state index in [4.69, 9.17) is 9.15 Å². The molecule has 6 heteroatoms. The highest BCUT2D eigenvalue weighted by molar-refractivity contribution is 5.75. The van der Waals surface area contributed by atoms with Gasteiger partial charge in [0.05, 0.1) is 18.9 Å². The maximum Gasteiger partial charge on any atom is 0.350 e. The predicted molar refractivity (Wildman–Crippen MR) is 69.0 cm³/mol. The molecule has 2 aromatic heterocycles. The van der Waals surface area contributed by atoms with E-state index in [1.165, 1.54) is 10.9 Å². The van der Waals surface area contributed by atoms with Crippen molar-refractivity contribution < 1.29 is 9.15 Å². The van der Waals surface area contributed by atoms with Gasteiger partial charge < -0.3 is 9.15 Å². The molecule has 6 nitrogen and oxygen atoms in total. The first-order chi connectivity index (χ1) is 9.20. The van der Waals surface area contributed by atoms with Crippen molar-refractivity contribution in [2.75, 3.05) is 7.11 Å². The van der Waals surface area contributed by atoms with Crippen LogP contribution in [0.1, 0.15) is 0 Å². The first kappa shape index (κ1) is 11.5. The lowest BCUT2D eigenvalue weighted by Crippen LogP contribution is -2.04. The lowest BCUT2D eigenvalue weighted by atomic mass is 10.2. The SMILES string of the molecule is COc1ccccc1-c1nc2c(cnn2C)c(=O)o1. The number of aromatic nitrogens is 3.